The predicted octanol–water partition coefficient (Wildman–Crippen LogP) is 7.62. The molecule has 4 rings (SSSR count). The molecule has 4 atom stereocenters. The molecule has 0 N–H and O–H groups in total. The summed E-state index contributed by atoms with van der Waals surface area (Å²) in [5.41, 5.74) is 0.807. The van der Waals surface area contributed by atoms with Gasteiger partial charge in [-0.05, 0) is 118 Å². The van der Waals surface area contributed by atoms with Gasteiger partial charge >= 0.3 is 6.36 Å². The number of hydrogen-bond donors (Lipinski definition) is 0. The first kappa shape index (κ1) is 22.9. The maximum absolute atomic E-state index is 14.2. The van der Waals surface area contributed by atoms with Crippen molar-refractivity contribution in [1.82, 2.24) is 0 Å². The Morgan fingerprint density at radius 2 is 1.45 bits per heavy atom. The summed E-state index contributed by atoms with van der Waals surface area (Å²) in [6.07, 6.45) is 7.55. The molecule has 0 amide bonds. The van der Waals surface area contributed by atoms with E-state index in [0.29, 0.717) is 12.0 Å². The lowest BCUT2D eigenvalue weighted by Crippen LogP contribution is -2.35. The average molecular weight is 443 g/mol. The van der Waals surface area contributed by atoms with Crippen molar-refractivity contribution < 1.29 is 27.0 Å². The van der Waals surface area contributed by atoms with Crippen LogP contribution >= 0.6 is 0 Å². The van der Waals surface area contributed by atoms with E-state index >= 15 is 0 Å². The van der Waals surface area contributed by atoms with Crippen molar-refractivity contribution in [3.63, 3.8) is 0 Å². The Morgan fingerprint density at radius 3 is 2.10 bits per heavy atom. The van der Waals surface area contributed by atoms with E-state index < -0.39 is 17.9 Å². The summed E-state index contributed by atoms with van der Waals surface area (Å²) >= 11 is 0. The summed E-state index contributed by atoms with van der Waals surface area (Å²) in [6.45, 7) is 2.88. The van der Waals surface area contributed by atoms with E-state index in [2.05, 4.69) is 11.7 Å². The fourth-order valence-electron chi connectivity index (χ4n) is 6.60. The van der Waals surface area contributed by atoms with Gasteiger partial charge < -0.3 is 9.47 Å². The summed E-state index contributed by atoms with van der Waals surface area (Å²) in [5, 5.41) is 0. The van der Waals surface area contributed by atoms with E-state index in [9.17, 15) is 17.6 Å². The van der Waals surface area contributed by atoms with Crippen molar-refractivity contribution in [2.75, 3.05) is 6.61 Å². The van der Waals surface area contributed by atoms with Crippen LogP contribution in [0, 0.1) is 29.5 Å². The molecule has 0 heterocycles. The Balaban J connectivity index is 1.31. The summed E-state index contributed by atoms with van der Waals surface area (Å²) in [6, 6.07) is 3.98. The van der Waals surface area contributed by atoms with Gasteiger partial charge in [0, 0.05) is 6.61 Å². The van der Waals surface area contributed by atoms with Gasteiger partial charge in [-0.2, -0.15) is 0 Å². The number of benzene rings is 1. The van der Waals surface area contributed by atoms with Gasteiger partial charge in [-0.3, -0.25) is 0 Å². The van der Waals surface area contributed by atoms with Gasteiger partial charge in [-0.25, -0.2) is 4.39 Å². The van der Waals surface area contributed by atoms with Gasteiger partial charge in [-0.1, -0.05) is 6.07 Å². The zero-order valence-corrected chi connectivity index (χ0v) is 18.3. The monoisotopic (exact) mass is 442 g/mol. The zero-order chi connectivity index (χ0) is 22.0. The smallest absolute Gasteiger partial charge is 0.403 e. The molecule has 0 saturated heterocycles. The van der Waals surface area contributed by atoms with Gasteiger partial charge in [0.15, 0.2) is 11.6 Å². The van der Waals surface area contributed by atoms with E-state index in [1.807, 2.05) is 0 Å². The molecule has 6 heteroatoms. The molecule has 3 aliphatic carbocycles. The van der Waals surface area contributed by atoms with E-state index in [1.54, 1.807) is 6.07 Å². The SMILES string of the molecule is CCOC1CCC(C2CCC3CC(c4ccc(OC(F)(F)F)c(F)c4)CCC3C2)CC1. The van der Waals surface area contributed by atoms with Crippen LogP contribution in [0.4, 0.5) is 17.6 Å². The first-order chi connectivity index (χ1) is 14.8. The largest absolute Gasteiger partial charge is 0.573 e. The molecule has 174 valence electrons. The van der Waals surface area contributed by atoms with Crippen LogP contribution in [0.1, 0.15) is 82.6 Å². The van der Waals surface area contributed by atoms with Crippen molar-refractivity contribution in [3.05, 3.63) is 29.6 Å². The summed E-state index contributed by atoms with van der Waals surface area (Å²) < 4.78 is 60.9. The number of alkyl halides is 3. The van der Waals surface area contributed by atoms with E-state index in [1.165, 1.54) is 51.0 Å². The highest BCUT2D eigenvalue weighted by Crippen LogP contribution is 2.50. The molecular formula is C25H34F4O2. The molecule has 4 unspecified atom stereocenters. The fourth-order valence-corrected chi connectivity index (χ4v) is 6.60. The van der Waals surface area contributed by atoms with Gasteiger partial charge in [-0.15, -0.1) is 13.2 Å². The fraction of sp³-hybridized carbons (Fsp3) is 0.760. The number of halogens is 4. The van der Waals surface area contributed by atoms with Crippen LogP contribution in [0.3, 0.4) is 0 Å². The van der Waals surface area contributed by atoms with E-state index in [0.717, 1.165) is 55.3 Å². The normalized spacial score (nSPS) is 34.2. The summed E-state index contributed by atoms with van der Waals surface area (Å²) in [7, 11) is 0. The summed E-state index contributed by atoms with van der Waals surface area (Å²) in [4.78, 5) is 0. The van der Waals surface area contributed by atoms with Crippen LogP contribution in [0.25, 0.3) is 0 Å². The van der Waals surface area contributed by atoms with Crippen LogP contribution < -0.4 is 4.74 Å². The highest BCUT2D eigenvalue weighted by atomic mass is 19.4. The molecule has 0 aliphatic heterocycles. The topological polar surface area (TPSA) is 18.5 Å². The second-order valence-corrected chi connectivity index (χ2v) is 9.83. The van der Waals surface area contributed by atoms with E-state index in [-0.39, 0.29) is 5.92 Å². The van der Waals surface area contributed by atoms with Gasteiger partial charge in [0.2, 0.25) is 0 Å². The lowest BCUT2D eigenvalue weighted by molar-refractivity contribution is -0.275. The van der Waals surface area contributed by atoms with Crippen molar-refractivity contribution in [2.24, 2.45) is 23.7 Å². The maximum atomic E-state index is 14.2. The Kier molecular flexibility index (Phi) is 7.14. The zero-order valence-electron chi connectivity index (χ0n) is 18.3. The Morgan fingerprint density at radius 1 is 0.839 bits per heavy atom. The van der Waals surface area contributed by atoms with Crippen LogP contribution in [-0.4, -0.2) is 19.1 Å². The predicted molar refractivity (Wildman–Crippen MR) is 111 cm³/mol. The van der Waals surface area contributed by atoms with Gasteiger partial charge in [0.05, 0.1) is 6.10 Å². The Bertz CT molecular complexity index is 727. The quantitative estimate of drug-likeness (QED) is 0.437. The second kappa shape index (κ2) is 9.68. The third kappa shape index (κ3) is 5.74. The molecule has 0 radical (unpaired) electrons. The first-order valence-corrected chi connectivity index (χ1v) is 12.0. The summed E-state index contributed by atoms with van der Waals surface area (Å²) in [5.74, 6) is 1.63. The minimum absolute atomic E-state index is 0.230. The molecule has 3 fully saturated rings. The molecule has 2 nitrogen and oxygen atoms in total. The molecule has 3 aliphatic rings. The third-order valence-electron chi connectivity index (χ3n) is 8.09. The number of hydrogen-bond acceptors (Lipinski definition) is 2. The second-order valence-electron chi connectivity index (χ2n) is 9.83. The number of ether oxygens (including phenoxy) is 2. The molecular weight excluding hydrogens is 408 g/mol. The molecule has 31 heavy (non-hydrogen) atoms. The standard InChI is InChI=1S/C25H34F4O2/c1-2-30-22-10-7-16(8-11-22)17-3-4-19-14-20(6-5-18(19)13-17)21-9-12-24(23(26)15-21)31-25(27,28)29/h9,12,15-20,22H,2-8,10-11,13-14H2,1H3. The molecule has 1 aromatic rings. The van der Waals surface area contributed by atoms with E-state index in [4.69, 9.17) is 4.74 Å². The van der Waals surface area contributed by atoms with Gasteiger partial charge in [0.1, 0.15) is 0 Å². The molecule has 1 aromatic carbocycles. The third-order valence-corrected chi connectivity index (χ3v) is 8.09. The van der Waals surface area contributed by atoms with Crippen LogP contribution in [0.15, 0.2) is 18.2 Å². The van der Waals surface area contributed by atoms with Crippen molar-refractivity contribution >= 4 is 0 Å². The van der Waals surface area contributed by atoms with Crippen LogP contribution in [0.5, 0.6) is 5.75 Å². The van der Waals surface area contributed by atoms with Crippen molar-refractivity contribution in [1.29, 1.82) is 0 Å². The number of fused-ring (bicyclic) bond motifs is 1. The molecule has 0 aromatic heterocycles. The minimum atomic E-state index is -4.87. The lowest BCUT2D eigenvalue weighted by Gasteiger charge is -2.45. The van der Waals surface area contributed by atoms with Crippen LogP contribution in [-0.2, 0) is 4.74 Å². The molecule has 3 saturated carbocycles. The Labute approximate surface area is 182 Å². The van der Waals surface area contributed by atoms with Crippen molar-refractivity contribution in [2.45, 2.75) is 89.5 Å². The molecule has 0 bridgehead atoms. The molecule has 0 spiro atoms. The van der Waals surface area contributed by atoms with Gasteiger partial charge in [0.25, 0.3) is 0 Å². The highest BCUT2D eigenvalue weighted by Gasteiger charge is 2.39. The maximum Gasteiger partial charge on any atom is 0.573 e. The Hall–Kier alpha value is -1.30. The van der Waals surface area contributed by atoms with Crippen molar-refractivity contribution in [3.8, 4) is 5.75 Å². The van der Waals surface area contributed by atoms with Crippen LogP contribution in [0.2, 0.25) is 0 Å². The first-order valence-electron chi connectivity index (χ1n) is 12.0. The lowest BCUT2D eigenvalue weighted by atomic mass is 9.60. The number of rotatable bonds is 5. The highest BCUT2D eigenvalue weighted by molar-refractivity contribution is 5.32. The average Bonchev–Trinajstić information content (AvgIpc) is 2.74. The minimum Gasteiger partial charge on any atom is -0.403 e.